The molecule has 0 aromatic carbocycles. The molecular weight excluding hydrogens is 338 g/mol. The van der Waals surface area contributed by atoms with Gasteiger partial charge in [-0.2, -0.15) is 9.97 Å². The summed E-state index contributed by atoms with van der Waals surface area (Å²) in [4.78, 5) is 29.1. The number of nitrogens with two attached hydrogens (primary N) is 1. The number of anilines is 1. The van der Waals surface area contributed by atoms with Gasteiger partial charge in [0.1, 0.15) is 18.6 Å². The average Bonchev–Trinajstić information content (AvgIpc) is 2.65. The van der Waals surface area contributed by atoms with E-state index in [-0.39, 0.29) is 49.2 Å². The minimum atomic E-state index is -0.184. The largest absolute Gasteiger partial charge is 0.473 e. The highest BCUT2D eigenvalue weighted by Gasteiger charge is 2.20. The van der Waals surface area contributed by atoms with Crippen LogP contribution in [-0.4, -0.2) is 52.3 Å². The molecule has 0 aliphatic heterocycles. The molecule has 0 amide bonds. The topological polar surface area (TPSA) is 122 Å². The predicted octanol–water partition coefficient (Wildman–Crippen LogP) is 1.91. The number of carbonyl (C=O) groups excluding carboxylic acids is 1. The van der Waals surface area contributed by atoms with Crippen molar-refractivity contribution >= 4 is 22.9 Å². The van der Waals surface area contributed by atoms with Gasteiger partial charge in [0.2, 0.25) is 11.8 Å². The van der Waals surface area contributed by atoms with E-state index in [2.05, 4.69) is 19.9 Å². The maximum Gasteiger partial charge on any atom is 0.247 e. The molecular formula is C17H23N5O4. The minimum absolute atomic E-state index is 0.0738. The molecule has 2 heterocycles. The fraction of sp³-hybridized carbons (Fsp3) is 0.588. The summed E-state index contributed by atoms with van der Waals surface area (Å²) in [6.45, 7) is 0.388. The van der Waals surface area contributed by atoms with Crippen LogP contribution in [0.25, 0.3) is 11.2 Å². The van der Waals surface area contributed by atoms with Crippen LogP contribution in [0.15, 0.2) is 6.20 Å². The summed E-state index contributed by atoms with van der Waals surface area (Å²) in [5.74, 6) is 0.178. The standard InChI is InChI=1S/C17H23N5O4/c1-24-10-25-8-7-13(23)12-9-19-15-14(20-12)16(22-17(18)21-15)26-11-5-3-2-4-6-11/h9,11H,2-8,10H2,1H3,(H2,18,19,21,22). The van der Waals surface area contributed by atoms with Crippen LogP contribution in [0.3, 0.4) is 0 Å². The van der Waals surface area contributed by atoms with Gasteiger partial charge in [0, 0.05) is 13.5 Å². The number of hydrogen-bond donors (Lipinski definition) is 1. The first-order valence-electron chi connectivity index (χ1n) is 8.74. The van der Waals surface area contributed by atoms with Gasteiger partial charge < -0.3 is 19.9 Å². The quantitative estimate of drug-likeness (QED) is 0.426. The van der Waals surface area contributed by atoms with E-state index in [4.69, 9.17) is 19.9 Å². The predicted molar refractivity (Wildman–Crippen MR) is 93.8 cm³/mol. The van der Waals surface area contributed by atoms with Gasteiger partial charge in [0.15, 0.2) is 16.9 Å². The molecule has 1 fully saturated rings. The maximum absolute atomic E-state index is 12.3. The molecule has 0 unspecified atom stereocenters. The summed E-state index contributed by atoms with van der Waals surface area (Å²) in [7, 11) is 1.52. The van der Waals surface area contributed by atoms with E-state index in [1.807, 2.05) is 0 Å². The van der Waals surface area contributed by atoms with Crippen LogP contribution < -0.4 is 10.5 Å². The Bertz CT molecular complexity index is 764. The lowest BCUT2D eigenvalue weighted by Crippen LogP contribution is -2.21. The SMILES string of the molecule is COCOCCC(=O)c1cnc2nc(N)nc(OC3CCCCC3)c2n1. The third-order valence-corrected chi connectivity index (χ3v) is 4.18. The number of hydrogen-bond acceptors (Lipinski definition) is 9. The number of aromatic nitrogens is 4. The van der Waals surface area contributed by atoms with E-state index in [1.54, 1.807) is 0 Å². The van der Waals surface area contributed by atoms with E-state index in [0.717, 1.165) is 25.7 Å². The maximum atomic E-state index is 12.3. The first-order chi connectivity index (χ1) is 12.7. The Labute approximate surface area is 151 Å². The number of ether oxygens (including phenoxy) is 3. The lowest BCUT2D eigenvalue weighted by atomic mass is 9.98. The summed E-state index contributed by atoms with van der Waals surface area (Å²) in [6.07, 6.45) is 7.04. The lowest BCUT2D eigenvalue weighted by molar-refractivity contribution is -0.0295. The zero-order valence-electron chi connectivity index (χ0n) is 14.8. The molecule has 1 aliphatic carbocycles. The molecule has 1 saturated carbocycles. The first-order valence-corrected chi connectivity index (χ1v) is 8.74. The summed E-state index contributed by atoms with van der Waals surface area (Å²) < 4.78 is 15.9. The molecule has 0 atom stereocenters. The molecule has 0 spiro atoms. The molecule has 0 bridgehead atoms. The number of nitrogens with zero attached hydrogens (tertiary/aromatic N) is 4. The monoisotopic (exact) mass is 361 g/mol. The number of Topliss-reactive ketones (excluding diaryl/α,β-unsaturated/α-hetero) is 1. The van der Waals surface area contributed by atoms with Crippen molar-refractivity contribution in [1.82, 2.24) is 19.9 Å². The van der Waals surface area contributed by atoms with Gasteiger partial charge in [0.05, 0.1) is 12.8 Å². The molecule has 140 valence electrons. The molecule has 1 aliphatic rings. The van der Waals surface area contributed by atoms with Gasteiger partial charge in [-0.15, -0.1) is 0 Å². The van der Waals surface area contributed by atoms with Crippen molar-refractivity contribution < 1.29 is 19.0 Å². The average molecular weight is 361 g/mol. The Balaban J connectivity index is 1.80. The molecule has 9 heteroatoms. The number of ketones is 1. The van der Waals surface area contributed by atoms with E-state index in [1.165, 1.54) is 19.7 Å². The van der Waals surface area contributed by atoms with Crippen LogP contribution in [0.5, 0.6) is 5.88 Å². The van der Waals surface area contributed by atoms with Gasteiger partial charge in [0.25, 0.3) is 0 Å². The first kappa shape index (κ1) is 18.4. The normalized spacial score (nSPS) is 15.3. The second-order valence-electron chi connectivity index (χ2n) is 6.18. The van der Waals surface area contributed by atoms with Crippen molar-refractivity contribution in [3.05, 3.63) is 11.9 Å². The van der Waals surface area contributed by atoms with Crippen molar-refractivity contribution in [2.75, 3.05) is 26.2 Å². The highest BCUT2D eigenvalue weighted by atomic mass is 16.7. The number of rotatable bonds is 8. The third kappa shape index (κ3) is 4.61. The number of methoxy groups -OCH3 is 1. The Hall–Kier alpha value is -2.39. The zero-order chi connectivity index (χ0) is 18.4. The van der Waals surface area contributed by atoms with E-state index in [9.17, 15) is 4.79 Å². The Morgan fingerprint density at radius 1 is 1.23 bits per heavy atom. The highest BCUT2D eigenvalue weighted by Crippen LogP contribution is 2.26. The third-order valence-electron chi connectivity index (χ3n) is 4.18. The minimum Gasteiger partial charge on any atom is -0.473 e. The van der Waals surface area contributed by atoms with Gasteiger partial charge in [-0.3, -0.25) is 4.79 Å². The molecule has 2 N–H and O–H groups in total. The molecule has 26 heavy (non-hydrogen) atoms. The van der Waals surface area contributed by atoms with E-state index in [0.29, 0.717) is 11.2 Å². The fourth-order valence-electron chi connectivity index (χ4n) is 2.89. The Kier molecular flexibility index (Phi) is 6.24. The zero-order valence-corrected chi connectivity index (χ0v) is 14.8. The Morgan fingerprint density at radius 2 is 2.04 bits per heavy atom. The van der Waals surface area contributed by atoms with Crippen molar-refractivity contribution in [1.29, 1.82) is 0 Å². The van der Waals surface area contributed by atoms with Crippen molar-refractivity contribution in [3.63, 3.8) is 0 Å². The second-order valence-corrected chi connectivity index (χ2v) is 6.18. The fourth-order valence-corrected chi connectivity index (χ4v) is 2.89. The summed E-state index contributed by atoms with van der Waals surface area (Å²) in [5.41, 5.74) is 6.65. The number of carbonyl (C=O) groups is 1. The molecule has 3 rings (SSSR count). The molecule has 2 aromatic rings. The van der Waals surface area contributed by atoms with Crippen LogP contribution in [0.4, 0.5) is 5.95 Å². The van der Waals surface area contributed by atoms with Gasteiger partial charge in [-0.05, 0) is 25.7 Å². The van der Waals surface area contributed by atoms with Gasteiger partial charge in [-0.1, -0.05) is 6.42 Å². The van der Waals surface area contributed by atoms with E-state index >= 15 is 0 Å². The van der Waals surface area contributed by atoms with Gasteiger partial charge in [-0.25, -0.2) is 9.97 Å². The van der Waals surface area contributed by atoms with Gasteiger partial charge >= 0.3 is 0 Å². The molecule has 9 nitrogen and oxygen atoms in total. The highest BCUT2D eigenvalue weighted by molar-refractivity contribution is 5.95. The summed E-state index contributed by atoms with van der Waals surface area (Å²) in [5, 5.41) is 0. The molecule has 0 saturated heterocycles. The van der Waals surface area contributed by atoms with Crippen molar-refractivity contribution in [2.45, 2.75) is 44.6 Å². The van der Waals surface area contributed by atoms with Crippen molar-refractivity contribution in [2.24, 2.45) is 0 Å². The number of fused-ring (bicyclic) bond motifs is 1. The Morgan fingerprint density at radius 3 is 2.81 bits per heavy atom. The number of nitrogen functional groups attached to an aromatic ring is 1. The molecule has 0 radical (unpaired) electrons. The van der Waals surface area contributed by atoms with E-state index < -0.39 is 0 Å². The van der Waals surface area contributed by atoms with Crippen LogP contribution in [0.2, 0.25) is 0 Å². The second kappa shape index (κ2) is 8.81. The van der Waals surface area contributed by atoms with Crippen LogP contribution >= 0.6 is 0 Å². The lowest BCUT2D eigenvalue weighted by Gasteiger charge is -2.22. The van der Waals surface area contributed by atoms with Crippen LogP contribution in [-0.2, 0) is 9.47 Å². The summed E-state index contributed by atoms with van der Waals surface area (Å²) in [6, 6.07) is 0. The van der Waals surface area contributed by atoms with Crippen LogP contribution in [0, 0.1) is 0 Å². The van der Waals surface area contributed by atoms with Crippen LogP contribution in [0.1, 0.15) is 49.0 Å². The van der Waals surface area contributed by atoms with Crippen molar-refractivity contribution in [3.8, 4) is 5.88 Å². The smallest absolute Gasteiger partial charge is 0.247 e. The summed E-state index contributed by atoms with van der Waals surface area (Å²) >= 11 is 0. The molecule has 2 aromatic heterocycles.